The normalized spacial score (nSPS) is 21.1. The average molecular weight is 349 g/mol. The van der Waals surface area contributed by atoms with Crippen LogP contribution in [0.15, 0.2) is 0 Å². The molecule has 1 amide bonds. The van der Waals surface area contributed by atoms with Crippen LogP contribution in [0.25, 0.3) is 0 Å². The van der Waals surface area contributed by atoms with Gasteiger partial charge in [-0.15, -0.1) is 0 Å². The molecular weight excluding hydrogens is 318 g/mol. The summed E-state index contributed by atoms with van der Waals surface area (Å²) in [6.45, 7) is 5.70. The molecule has 1 saturated carbocycles. The summed E-state index contributed by atoms with van der Waals surface area (Å²) in [4.78, 5) is 11.6. The summed E-state index contributed by atoms with van der Waals surface area (Å²) in [5.41, 5.74) is 0. The highest BCUT2D eigenvalue weighted by molar-refractivity contribution is 7.80. The van der Waals surface area contributed by atoms with Crippen molar-refractivity contribution in [1.82, 2.24) is 5.32 Å². The van der Waals surface area contributed by atoms with Gasteiger partial charge in [0.25, 0.3) is 0 Å². The molecule has 136 valence electrons. The lowest BCUT2D eigenvalue weighted by Gasteiger charge is -2.26. The molecule has 7 heteroatoms. The summed E-state index contributed by atoms with van der Waals surface area (Å²) in [6.07, 6.45) is 4.69. The fourth-order valence-electron chi connectivity index (χ4n) is 2.31. The molecular formula is C16H31NO5S. The largest absolute Gasteiger partial charge is 0.447 e. The van der Waals surface area contributed by atoms with Gasteiger partial charge in [-0.05, 0) is 32.1 Å². The minimum Gasteiger partial charge on any atom is -0.447 e. The van der Waals surface area contributed by atoms with Crippen LogP contribution >= 0.6 is 12.6 Å². The van der Waals surface area contributed by atoms with E-state index in [-0.39, 0.29) is 18.7 Å². The summed E-state index contributed by atoms with van der Waals surface area (Å²) < 4.78 is 21.1. The van der Waals surface area contributed by atoms with Crippen molar-refractivity contribution < 1.29 is 23.7 Å². The quantitative estimate of drug-likeness (QED) is 0.418. The number of amides is 1. The fourth-order valence-corrected chi connectivity index (χ4v) is 2.61. The van der Waals surface area contributed by atoms with E-state index in [1.54, 1.807) is 0 Å². The molecule has 0 unspecified atom stereocenters. The molecule has 0 atom stereocenters. The lowest BCUT2D eigenvalue weighted by molar-refractivity contribution is 0.00557. The first-order valence-electron chi connectivity index (χ1n) is 8.57. The van der Waals surface area contributed by atoms with Crippen molar-refractivity contribution in [1.29, 1.82) is 0 Å². The highest BCUT2D eigenvalue weighted by Crippen LogP contribution is 2.22. The van der Waals surface area contributed by atoms with Gasteiger partial charge in [0, 0.05) is 17.9 Å². The zero-order valence-electron chi connectivity index (χ0n) is 14.1. The molecule has 0 aliphatic heterocycles. The van der Waals surface area contributed by atoms with Crippen molar-refractivity contribution in [2.75, 3.05) is 46.2 Å². The summed E-state index contributed by atoms with van der Waals surface area (Å²) in [7, 11) is 0. The Kier molecular flexibility index (Phi) is 12.4. The zero-order chi connectivity index (χ0) is 16.8. The Morgan fingerprint density at radius 1 is 0.913 bits per heavy atom. The van der Waals surface area contributed by atoms with Gasteiger partial charge in [0.1, 0.15) is 6.61 Å². The first kappa shape index (κ1) is 20.5. The molecule has 0 radical (unpaired) electrons. The number of alkyl carbamates (subject to hydrolysis) is 1. The van der Waals surface area contributed by atoms with Crippen LogP contribution < -0.4 is 5.32 Å². The van der Waals surface area contributed by atoms with E-state index in [0.29, 0.717) is 38.3 Å². The monoisotopic (exact) mass is 349 g/mol. The van der Waals surface area contributed by atoms with E-state index < -0.39 is 0 Å². The number of nitrogens with one attached hydrogen (secondary N) is 1. The standard InChI is InChI=1S/C16H31NO5S/c1-2-7-19-8-9-20-10-11-21-12-13-22-16(18)17-14-3-5-15(23)6-4-14/h14-15,23H,2-13H2,1H3,(H,17,18). The molecule has 1 rings (SSSR count). The highest BCUT2D eigenvalue weighted by atomic mass is 32.1. The molecule has 1 aliphatic carbocycles. The van der Waals surface area contributed by atoms with E-state index >= 15 is 0 Å². The molecule has 0 saturated heterocycles. The number of hydrogen-bond donors (Lipinski definition) is 2. The summed E-state index contributed by atoms with van der Waals surface area (Å²) in [5.74, 6) is 0. The van der Waals surface area contributed by atoms with Crippen molar-refractivity contribution in [2.24, 2.45) is 0 Å². The Hall–Kier alpha value is -0.500. The molecule has 0 aromatic rings. The Morgan fingerprint density at radius 2 is 1.43 bits per heavy atom. The van der Waals surface area contributed by atoms with Crippen LogP contribution in [0.3, 0.4) is 0 Å². The molecule has 0 aromatic carbocycles. The third-order valence-corrected chi connectivity index (χ3v) is 4.09. The van der Waals surface area contributed by atoms with E-state index in [9.17, 15) is 4.79 Å². The highest BCUT2D eigenvalue weighted by Gasteiger charge is 2.20. The average Bonchev–Trinajstić information content (AvgIpc) is 2.55. The summed E-state index contributed by atoms with van der Waals surface area (Å²) >= 11 is 4.44. The van der Waals surface area contributed by atoms with Gasteiger partial charge >= 0.3 is 6.09 Å². The van der Waals surface area contributed by atoms with Gasteiger partial charge in [0.2, 0.25) is 0 Å². The maximum absolute atomic E-state index is 11.6. The minimum atomic E-state index is -0.361. The van der Waals surface area contributed by atoms with Crippen molar-refractivity contribution in [3.63, 3.8) is 0 Å². The Morgan fingerprint density at radius 3 is 2.00 bits per heavy atom. The van der Waals surface area contributed by atoms with Crippen LogP contribution in [0.2, 0.25) is 0 Å². The van der Waals surface area contributed by atoms with Crippen LogP contribution in [0.4, 0.5) is 4.79 Å². The summed E-state index contributed by atoms with van der Waals surface area (Å²) in [6, 6.07) is 0.218. The van der Waals surface area contributed by atoms with Crippen molar-refractivity contribution >= 4 is 18.7 Å². The topological polar surface area (TPSA) is 66.0 Å². The molecule has 0 spiro atoms. The van der Waals surface area contributed by atoms with Gasteiger partial charge in [0.15, 0.2) is 0 Å². The molecule has 23 heavy (non-hydrogen) atoms. The van der Waals surface area contributed by atoms with Crippen LogP contribution in [0.1, 0.15) is 39.0 Å². The lowest BCUT2D eigenvalue weighted by atomic mass is 9.95. The molecule has 1 fully saturated rings. The molecule has 0 bridgehead atoms. The Bertz CT molecular complexity index is 298. The third-order valence-electron chi connectivity index (χ3n) is 3.57. The van der Waals surface area contributed by atoms with E-state index in [1.165, 1.54) is 0 Å². The van der Waals surface area contributed by atoms with Gasteiger partial charge in [0.05, 0.1) is 33.0 Å². The molecule has 0 aromatic heterocycles. The number of hydrogen-bond acceptors (Lipinski definition) is 6. The maximum Gasteiger partial charge on any atom is 0.407 e. The predicted molar refractivity (Wildman–Crippen MR) is 92.3 cm³/mol. The first-order valence-corrected chi connectivity index (χ1v) is 9.08. The SMILES string of the molecule is CCCOCCOCCOCCOC(=O)NC1CCC(S)CC1. The number of ether oxygens (including phenoxy) is 4. The molecule has 1 N–H and O–H groups in total. The van der Waals surface area contributed by atoms with Crippen molar-refractivity contribution in [3.05, 3.63) is 0 Å². The number of carbonyl (C=O) groups is 1. The molecule has 6 nitrogen and oxygen atoms in total. The zero-order valence-corrected chi connectivity index (χ0v) is 15.0. The minimum absolute atomic E-state index is 0.218. The smallest absolute Gasteiger partial charge is 0.407 e. The number of rotatable bonds is 12. The Balaban J connectivity index is 1.82. The predicted octanol–water partition coefficient (Wildman–Crippen LogP) is 2.41. The van der Waals surface area contributed by atoms with Crippen molar-refractivity contribution in [2.45, 2.75) is 50.3 Å². The van der Waals surface area contributed by atoms with Gasteiger partial charge in [-0.25, -0.2) is 4.79 Å². The number of thiol groups is 1. The van der Waals surface area contributed by atoms with Gasteiger partial charge in [-0.1, -0.05) is 6.92 Å². The lowest BCUT2D eigenvalue weighted by Crippen LogP contribution is -2.38. The van der Waals surface area contributed by atoms with E-state index in [2.05, 4.69) is 24.9 Å². The van der Waals surface area contributed by atoms with Crippen LogP contribution in [0, 0.1) is 0 Å². The second-order valence-corrected chi connectivity index (χ2v) is 6.35. The second kappa shape index (κ2) is 13.9. The fraction of sp³-hybridized carbons (Fsp3) is 0.938. The second-order valence-electron chi connectivity index (χ2n) is 5.62. The van der Waals surface area contributed by atoms with Gasteiger partial charge in [-0.2, -0.15) is 12.6 Å². The van der Waals surface area contributed by atoms with E-state index in [1.807, 2.05) is 0 Å². The third kappa shape index (κ3) is 11.6. The van der Waals surface area contributed by atoms with E-state index in [4.69, 9.17) is 18.9 Å². The van der Waals surface area contributed by atoms with Gasteiger partial charge in [-0.3, -0.25) is 0 Å². The maximum atomic E-state index is 11.6. The number of carbonyl (C=O) groups excluding carboxylic acids is 1. The van der Waals surface area contributed by atoms with Crippen molar-refractivity contribution in [3.8, 4) is 0 Å². The van der Waals surface area contributed by atoms with Crippen LogP contribution in [0.5, 0.6) is 0 Å². The van der Waals surface area contributed by atoms with Crippen LogP contribution in [-0.4, -0.2) is 63.6 Å². The molecule has 1 aliphatic rings. The van der Waals surface area contributed by atoms with Crippen LogP contribution in [-0.2, 0) is 18.9 Å². The first-order chi connectivity index (χ1) is 11.2. The summed E-state index contributed by atoms with van der Waals surface area (Å²) in [5, 5.41) is 3.36. The van der Waals surface area contributed by atoms with Gasteiger partial charge < -0.3 is 24.3 Å². The Labute approximate surface area is 145 Å². The van der Waals surface area contributed by atoms with E-state index in [0.717, 1.165) is 38.7 Å². The molecule has 0 heterocycles.